The van der Waals surface area contributed by atoms with Gasteiger partial charge in [-0.1, -0.05) is 18.2 Å². The fraction of sp³-hybridized carbons (Fsp3) is 0.429. The molecular formula is C14H17NO5. The third kappa shape index (κ3) is 3.08. The van der Waals surface area contributed by atoms with Crippen molar-refractivity contribution in [3.05, 3.63) is 30.3 Å². The Bertz CT molecular complexity index is 482. The average Bonchev–Trinajstić information content (AvgIpc) is 2.89. The summed E-state index contributed by atoms with van der Waals surface area (Å²) in [6.07, 6.45) is -0.527. The van der Waals surface area contributed by atoms with Crippen LogP contribution in [0.5, 0.6) is 5.75 Å². The van der Waals surface area contributed by atoms with Crippen LogP contribution in [0.1, 0.15) is 13.3 Å². The molecule has 2 unspecified atom stereocenters. The molecule has 0 aromatic heterocycles. The van der Waals surface area contributed by atoms with Gasteiger partial charge in [0.15, 0.2) is 11.6 Å². The van der Waals surface area contributed by atoms with Crippen LogP contribution in [0.3, 0.4) is 0 Å². The lowest BCUT2D eigenvalue weighted by molar-refractivity contribution is -0.148. The van der Waals surface area contributed by atoms with E-state index in [0.717, 1.165) is 0 Å². The van der Waals surface area contributed by atoms with E-state index in [1.54, 1.807) is 31.2 Å². The zero-order chi connectivity index (χ0) is 14.6. The Morgan fingerprint density at radius 1 is 1.40 bits per heavy atom. The number of aliphatic carboxylic acids is 1. The second-order valence-corrected chi connectivity index (χ2v) is 4.75. The smallest absolute Gasteiger partial charge is 0.331 e. The van der Waals surface area contributed by atoms with Crippen LogP contribution in [0.15, 0.2) is 30.3 Å². The maximum atomic E-state index is 12.1. The predicted molar refractivity (Wildman–Crippen MR) is 70.5 cm³/mol. The van der Waals surface area contributed by atoms with Crippen molar-refractivity contribution in [2.45, 2.75) is 25.0 Å². The topological polar surface area (TPSA) is 84.9 Å². The van der Waals surface area contributed by atoms with Gasteiger partial charge in [0.25, 0.3) is 5.91 Å². The number of carbonyl (C=O) groups excluding carboxylic acids is 1. The minimum Gasteiger partial charge on any atom is -0.481 e. The van der Waals surface area contributed by atoms with Crippen molar-refractivity contribution in [2.24, 2.45) is 0 Å². The molecule has 0 aliphatic carbocycles. The third-order valence-electron chi connectivity index (χ3n) is 3.22. The van der Waals surface area contributed by atoms with Crippen molar-refractivity contribution in [1.82, 2.24) is 5.32 Å². The van der Waals surface area contributed by atoms with Crippen molar-refractivity contribution >= 4 is 11.9 Å². The van der Waals surface area contributed by atoms with E-state index in [-0.39, 0.29) is 13.0 Å². The standard InChI is InChI=1S/C14H17NO5/c1-10(20-11-5-3-2-4-6-11)12(16)15-14(13(17)18)7-8-19-9-14/h2-6,10H,7-9H2,1H3,(H,15,16)(H,17,18). The van der Waals surface area contributed by atoms with Crippen LogP contribution in [0.4, 0.5) is 0 Å². The summed E-state index contributed by atoms with van der Waals surface area (Å²) in [5.74, 6) is -1.00. The first kappa shape index (κ1) is 14.3. The molecule has 6 heteroatoms. The molecule has 1 aromatic carbocycles. The fourth-order valence-corrected chi connectivity index (χ4v) is 1.98. The zero-order valence-electron chi connectivity index (χ0n) is 11.2. The van der Waals surface area contributed by atoms with Crippen molar-refractivity contribution < 1.29 is 24.2 Å². The maximum absolute atomic E-state index is 12.1. The molecule has 0 bridgehead atoms. The normalized spacial score (nSPS) is 23.1. The number of carboxylic acids is 1. The van der Waals surface area contributed by atoms with E-state index in [1.165, 1.54) is 0 Å². The first-order valence-electron chi connectivity index (χ1n) is 6.38. The summed E-state index contributed by atoms with van der Waals surface area (Å²) in [5, 5.41) is 11.8. The van der Waals surface area contributed by atoms with Crippen molar-refractivity contribution in [3.63, 3.8) is 0 Å². The number of amides is 1. The van der Waals surface area contributed by atoms with Crippen molar-refractivity contribution in [2.75, 3.05) is 13.2 Å². The van der Waals surface area contributed by atoms with E-state index in [9.17, 15) is 14.7 Å². The number of nitrogens with one attached hydrogen (secondary N) is 1. The Hall–Kier alpha value is -2.08. The summed E-state index contributed by atoms with van der Waals surface area (Å²) < 4.78 is 10.5. The van der Waals surface area contributed by atoms with Gasteiger partial charge in [-0.05, 0) is 19.1 Å². The third-order valence-corrected chi connectivity index (χ3v) is 3.22. The highest BCUT2D eigenvalue weighted by molar-refractivity contribution is 5.89. The number of benzene rings is 1. The fourth-order valence-electron chi connectivity index (χ4n) is 1.98. The molecule has 1 amide bonds. The van der Waals surface area contributed by atoms with Gasteiger partial charge in [-0.3, -0.25) is 4.79 Å². The quantitative estimate of drug-likeness (QED) is 0.833. The molecule has 1 aliphatic rings. The number of carbonyl (C=O) groups is 2. The molecule has 2 atom stereocenters. The summed E-state index contributed by atoms with van der Waals surface area (Å²) in [7, 11) is 0. The van der Waals surface area contributed by atoms with Crippen LogP contribution in [-0.4, -0.2) is 41.8 Å². The number of ether oxygens (including phenoxy) is 2. The molecule has 2 rings (SSSR count). The van der Waals surface area contributed by atoms with E-state index in [4.69, 9.17) is 9.47 Å². The first-order chi connectivity index (χ1) is 9.53. The van der Waals surface area contributed by atoms with E-state index in [1.807, 2.05) is 6.07 Å². The van der Waals surface area contributed by atoms with Gasteiger partial charge in [0.2, 0.25) is 0 Å². The number of carboxylic acid groups (broad SMARTS) is 1. The second-order valence-electron chi connectivity index (χ2n) is 4.75. The van der Waals surface area contributed by atoms with E-state index in [2.05, 4.69) is 5.32 Å². The van der Waals surface area contributed by atoms with Crippen LogP contribution in [0, 0.1) is 0 Å². The highest BCUT2D eigenvalue weighted by Crippen LogP contribution is 2.19. The van der Waals surface area contributed by atoms with E-state index >= 15 is 0 Å². The maximum Gasteiger partial charge on any atom is 0.331 e. The molecule has 0 spiro atoms. The van der Waals surface area contributed by atoms with E-state index < -0.39 is 23.5 Å². The molecule has 20 heavy (non-hydrogen) atoms. The van der Waals surface area contributed by atoms with Crippen LogP contribution in [0.25, 0.3) is 0 Å². The molecule has 1 saturated heterocycles. The first-order valence-corrected chi connectivity index (χ1v) is 6.38. The average molecular weight is 279 g/mol. The number of hydrogen-bond donors (Lipinski definition) is 2. The van der Waals surface area contributed by atoms with Crippen LogP contribution >= 0.6 is 0 Å². The van der Waals surface area contributed by atoms with Crippen LogP contribution in [0.2, 0.25) is 0 Å². The van der Waals surface area contributed by atoms with Crippen LogP contribution in [-0.2, 0) is 14.3 Å². The second kappa shape index (κ2) is 5.92. The van der Waals surface area contributed by atoms with E-state index in [0.29, 0.717) is 12.4 Å². The molecule has 0 saturated carbocycles. The molecule has 1 aliphatic heterocycles. The van der Waals surface area contributed by atoms with Gasteiger partial charge in [0.05, 0.1) is 6.61 Å². The SMILES string of the molecule is CC(Oc1ccccc1)C(=O)NC1(C(=O)O)CCOC1. The summed E-state index contributed by atoms with van der Waals surface area (Å²) >= 11 is 0. The van der Waals surface area contributed by atoms with Gasteiger partial charge < -0.3 is 19.9 Å². The molecular weight excluding hydrogens is 262 g/mol. The van der Waals surface area contributed by atoms with Crippen molar-refractivity contribution in [1.29, 1.82) is 0 Å². The summed E-state index contributed by atoms with van der Waals surface area (Å²) in [4.78, 5) is 23.4. The molecule has 1 fully saturated rings. The highest BCUT2D eigenvalue weighted by atomic mass is 16.5. The number of hydrogen-bond acceptors (Lipinski definition) is 4. The molecule has 0 radical (unpaired) electrons. The zero-order valence-corrected chi connectivity index (χ0v) is 11.2. The predicted octanol–water partition coefficient (Wildman–Crippen LogP) is 0.814. The van der Waals surface area contributed by atoms with Gasteiger partial charge in [-0.15, -0.1) is 0 Å². The lowest BCUT2D eigenvalue weighted by Crippen LogP contribution is -2.57. The monoisotopic (exact) mass is 279 g/mol. The molecule has 6 nitrogen and oxygen atoms in total. The minimum absolute atomic E-state index is 0.0217. The molecule has 1 aromatic rings. The highest BCUT2D eigenvalue weighted by Gasteiger charge is 2.44. The molecule has 1 heterocycles. The summed E-state index contributed by atoms with van der Waals surface area (Å²) in [5.41, 5.74) is -1.34. The van der Waals surface area contributed by atoms with Gasteiger partial charge in [-0.2, -0.15) is 0 Å². The minimum atomic E-state index is -1.34. The van der Waals surface area contributed by atoms with Gasteiger partial charge >= 0.3 is 5.97 Å². The summed E-state index contributed by atoms with van der Waals surface area (Å²) in [6.45, 7) is 1.88. The van der Waals surface area contributed by atoms with Crippen molar-refractivity contribution in [3.8, 4) is 5.75 Å². The molecule has 2 N–H and O–H groups in total. The number of para-hydroxylation sites is 1. The van der Waals surface area contributed by atoms with Crippen LogP contribution < -0.4 is 10.1 Å². The van der Waals surface area contributed by atoms with Gasteiger partial charge in [0, 0.05) is 13.0 Å². The van der Waals surface area contributed by atoms with Gasteiger partial charge in [0.1, 0.15) is 5.75 Å². The Labute approximate surface area is 116 Å². The largest absolute Gasteiger partial charge is 0.481 e. The lowest BCUT2D eigenvalue weighted by atomic mass is 9.98. The lowest BCUT2D eigenvalue weighted by Gasteiger charge is -2.25. The van der Waals surface area contributed by atoms with Gasteiger partial charge in [-0.25, -0.2) is 4.79 Å². The molecule has 108 valence electrons. The Morgan fingerprint density at radius 3 is 2.65 bits per heavy atom. The Morgan fingerprint density at radius 2 is 2.10 bits per heavy atom. The Kier molecular flexibility index (Phi) is 4.24. The number of rotatable bonds is 5. The summed E-state index contributed by atoms with van der Waals surface area (Å²) in [6, 6.07) is 8.89. The Balaban J connectivity index is 1.98.